The van der Waals surface area contributed by atoms with Crippen LogP contribution in [0.25, 0.3) is 0 Å². The third-order valence-electron chi connectivity index (χ3n) is 3.03. The minimum Gasteiger partial charge on any atom is -0.508 e. The Labute approximate surface area is 115 Å². The van der Waals surface area contributed by atoms with E-state index in [9.17, 15) is 5.11 Å². The van der Waals surface area contributed by atoms with Gasteiger partial charge in [0.1, 0.15) is 5.75 Å². The summed E-state index contributed by atoms with van der Waals surface area (Å²) in [5, 5.41) is 9.66. The fraction of sp³-hybridized carbons (Fsp3) is 0.294. The topological polar surface area (TPSA) is 23.5 Å². The Morgan fingerprint density at radius 1 is 1.00 bits per heavy atom. The summed E-state index contributed by atoms with van der Waals surface area (Å²) in [6.07, 6.45) is 0. The molecule has 1 N–H and O–H groups in total. The summed E-state index contributed by atoms with van der Waals surface area (Å²) < 4.78 is 0. The highest BCUT2D eigenvalue weighted by atomic mass is 16.3. The molecule has 0 aromatic heterocycles. The van der Waals surface area contributed by atoms with Gasteiger partial charge in [-0.3, -0.25) is 0 Å². The van der Waals surface area contributed by atoms with Crippen LogP contribution in [0.4, 0.5) is 11.4 Å². The molecule has 0 aliphatic carbocycles. The number of anilines is 2. The number of aryl methyl sites for hydroxylation is 1. The molecule has 0 aliphatic rings. The second-order valence-electron chi connectivity index (χ2n) is 5.36. The number of hydrogen-bond donors (Lipinski definition) is 1. The summed E-state index contributed by atoms with van der Waals surface area (Å²) in [4.78, 5) is 2.24. The average molecular weight is 255 g/mol. The van der Waals surface area contributed by atoms with E-state index in [0.717, 1.165) is 17.9 Å². The fourth-order valence-electron chi connectivity index (χ4n) is 2.11. The molecule has 0 radical (unpaired) electrons. The molecule has 0 unspecified atom stereocenters. The van der Waals surface area contributed by atoms with Crippen molar-refractivity contribution < 1.29 is 5.11 Å². The van der Waals surface area contributed by atoms with Crippen molar-refractivity contribution in [3.8, 4) is 5.75 Å². The first-order chi connectivity index (χ1) is 9.06. The molecule has 2 heteroatoms. The molecule has 0 heterocycles. The van der Waals surface area contributed by atoms with E-state index < -0.39 is 0 Å². The molecule has 0 aliphatic heterocycles. The van der Waals surface area contributed by atoms with Gasteiger partial charge in [0.15, 0.2) is 0 Å². The van der Waals surface area contributed by atoms with Crippen LogP contribution in [-0.2, 0) is 0 Å². The van der Waals surface area contributed by atoms with Crippen LogP contribution < -0.4 is 4.90 Å². The first-order valence-corrected chi connectivity index (χ1v) is 6.69. The quantitative estimate of drug-likeness (QED) is 0.869. The van der Waals surface area contributed by atoms with E-state index >= 15 is 0 Å². The minimum absolute atomic E-state index is 0.304. The van der Waals surface area contributed by atoms with E-state index in [2.05, 4.69) is 49.9 Å². The highest BCUT2D eigenvalue weighted by Crippen LogP contribution is 2.29. The monoisotopic (exact) mass is 255 g/mol. The average Bonchev–Trinajstić information content (AvgIpc) is 2.37. The molecule has 2 rings (SSSR count). The Kier molecular flexibility index (Phi) is 4.10. The lowest BCUT2D eigenvalue weighted by molar-refractivity contribution is 0.475. The normalized spacial score (nSPS) is 10.7. The molecular formula is C17H21NO. The van der Waals surface area contributed by atoms with Crippen molar-refractivity contribution in [3.63, 3.8) is 0 Å². The van der Waals surface area contributed by atoms with Crippen molar-refractivity contribution in [1.82, 2.24) is 0 Å². The highest BCUT2D eigenvalue weighted by molar-refractivity contribution is 5.64. The largest absolute Gasteiger partial charge is 0.508 e. The van der Waals surface area contributed by atoms with Gasteiger partial charge in [0.2, 0.25) is 0 Å². The lowest BCUT2D eigenvalue weighted by atomic mass is 10.1. The van der Waals surface area contributed by atoms with Crippen molar-refractivity contribution in [2.24, 2.45) is 5.92 Å². The Hall–Kier alpha value is -1.96. The van der Waals surface area contributed by atoms with Gasteiger partial charge in [0, 0.05) is 24.0 Å². The van der Waals surface area contributed by atoms with Crippen LogP contribution in [0.15, 0.2) is 48.5 Å². The van der Waals surface area contributed by atoms with Crippen molar-refractivity contribution >= 4 is 11.4 Å². The zero-order valence-electron chi connectivity index (χ0n) is 11.8. The van der Waals surface area contributed by atoms with Gasteiger partial charge in [0.05, 0.1) is 0 Å². The van der Waals surface area contributed by atoms with Crippen LogP contribution in [0.2, 0.25) is 0 Å². The maximum atomic E-state index is 9.66. The molecule has 0 saturated carbocycles. The van der Waals surface area contributed by atoms with Crippen LogP contribution in [0.3, 0.4) is 0 Å². The summed E-state index contributed by atoms with van der Waals surface area (Å²) in [6, 6.07) is 15.9. The molecule has 0 bridgehead atoms. The number of rotatable bonds is 4. The molecule has 0 amide bonds. The van der Waals surface area contributed by atoms with Crippen LogP contribution in [0.1, 0.15) is 19.4 Å². The Morgan fingerprint density at radius 3 is 2.26 bits per heavy atom. The number of aromatic hydroxyl groups is 1. The molecular weight excluding hydrogens is 234 g/mol. The summed E-state index contributed by atoms with van der Waals surface area (Å²) in [6.45, 7) is 7.41. The van der Waals surface area contributed by atoms with Crippen LogP contribution in [0, 0.1) is 12.8 Å². The van der Waals surface area contributed by atoms with Crippen LogP contribution >= 0.6 is 0 Å². The van der Waals surface area contributed by atoms with Gasteiger partial charge < -0.3 is 10.0 Å². The lowest BCUT2D eigenvalue weighted by Gasteiger charge is -2.27. The van der Waals surface area contributed by atoms with Gasteiger partial charge in [-0.15, -0.1) is 0 Å². The summed E-state index contributed by atoms with van der Waals surface area (Å²) >= 11 is 0. The molecule has 0 fully saturated rings. The zero-order valence-corrected chi connectivity index (χ0v) is 11.8. The predicted molar refractivity (Wildman–Crippen MR) is 81.1 cm³/mol. The second kappa shape index (κ2) is 5.79. The Morgan fingerprint density at radius 2 is 1.68 bits per heavy atom. The molecule has 19 heavy (non-hydrogen) atoms. The van der Waals surface area contributed by atoms with Gasteiger partial charge in [-0.25, -0.2) is 0 Å². The minimum atomic E-state index is 0.304. The molecule has 2 aromatic rings. The third kappa shape index (κ3) is 3.50. The predicted octanol–water partition coefficient (Wildman–Crippen LogP) is 4.49. The van der Waals surface area contributed by atoms with E-state index in [1.807, 2.05) is 18.2 Å². The smallest absolute Gasteiger partial charge is 0.117 e. The van der Waals surface area contributed by atoms with Crippen molar-refractivity contribution in [1.29, 1.82) is 0 Å². The number of phenolic OH excluding ortho intramolecular Hbond substituents is 1. The van der Waals surface area contributed by atoms with Gasteiger partial charge in [0.25, 0.3) is 0 Å². The first-order valence-electron chi connectivity index (χ1n) is 6.69. The van der Waals surface area contributed by atoms with Crippen molar-refractivity contribution in [2.45, 2.75) is 20.8 Å². The van der Waals surface area contributed by atoms with Gasteiger partial charge in [-0.05, 0) is 37.1 Å². The first kappa shape index (κ1) is 13.5. The molecule has 2 nitrogen and oxygen atoms in total. The number of benzene rings is 2. The Bertz CT molecular complexity index is 531. The lowest BCUT2D eigenvalue weighted by Crippen LogP contribution is -2.22. The van der Waals surface area contributed by atoms with E-state index in [0.29, 0.717) is 11.7 Å². The van der Waals surface area contributed by atoms with Crippen molar-refractivity contribution in [3.05, 3.63) is 54.1 Å². The maximum absolute atomic E-state index is 9.66. The van der Waals surface area contributed by atoms with E-state index in [4.69, 9.17) is 0 Å². The van der Waals surface area contributed by atoms with E-state index in [1.165, 1.54) is 5.56 Å². The van der Waals surface area contributed by atoms with Gasteiger partial charge in [-0.1, -0.05) is 37.6 Å². The molecule has 0 atom stereocenters. The second-order valence-corrected chi connectivity index (χ2v) is 5.36. The summed E-state index contributed by atoms with van der Waals surface area (Å²) in [5.41, 5.74) is 3.44. The van der Waals surface area contributed by atoms with Crippen molar-refractivity contribution in [2.75, 3.05) is 11.4 Å². The van der Waals surface area contributed by atoms with E-state index in [-0.39, 0.29) is 0 Å². The Balaban J connectivity index is 2.38. The van der Waals surface area contributed by atoms with Gasteiger partial charge in [-0.2, -0.15) is 0 Å². The number of nitrogens with zero attached hydrogens (tertiary/aromatic N) is 1. The van der Waals surface area contributed by atoms with Crippen LogP contribution in [-0.4, -0.2) is 11.7 Å². The molecule has 0 spiro atoms. The maximum Gasteiger partial charge on any atom is 0.117 e. The molecule has 0 saturated heterocycles. The SMILES string of the molecule is Cc1ccc(N(CC(C)C)c2cccc(O)c2)cc1. The van der Waals surface area contributed by atoms with E-state index in [1.54, 1.807) is 6.07 Å². The third-order valence-corrected chi connectivity index (χ3v) is 3.03. The summed E-state index contributed by atoms with van der Waals surface area (Å²) in [7, 11) is 0. The highest BCUT2D eigenvalue weighted by Gasteiger charge is 2.11. The fourth-order valence-corrected chi connectivity index (χ4v) is 2.11. The molecule has 100 valence electrons. The standard InChI is InChI=1S/C17H21NO/c1-13(2)12-18(15-9-7-14(3)8-10-15)16-5-4-6-17(19)11-16/h4-11,13,19H,12H2,1-3H3. The molecule has 2 aromatic carbocycles. The zero-order chi connectivity index (χ0) is 13.8. The van der Waals surface area contributed by atoms with Gasteiger partial charge >= 0.3 is 0 Å². The number of phenols is 1. The van der Waals surface area contributed by atoms with Crippen LogP contribution in [0.5, 0.6) is 5.75 Å². The number of hydrogen-bond acceptors (Lipinski definition) is 2. The summed E-state index contributed by atoms with van der Waals surface area (Å²) in [5.74, 6) is 0.849.